The van der Waals surface area contributed by atoms with E-state index in [1.165, 1.54) is 6.92 Å². The number of rotatable bonds is 12. The number of carbonyl (C=O) groups excluding carboxylic acids is 2. The third-order valence-corrected chi connectivity index (χ3v) is 7.51. The third kappa shape index (κ3) is 5.85. The number of carbonyl (C=O) groups is 2. The number of esters is 2. The van der Waals surface area contributed by atoms with Gasteiger partial charge < -0.3 is 29.2 Å². The molecule has 1 aliphatic rings. The second-order valence-corrected chi connectivity index (χ2v) is 10.6. The van der Waals surface area contributed by atoms with E-state index in [0.717, 1.165) is 27.8 Å². The van der Waals surface area contributed by atoms with Gasteiger partial charge in [-0.25, -0.2) is 9.59 Å². The normalized spacial score (nSPS) is 12.4. The van der Waals surface area contributed by atoms with Crippen LogP contribution in [0.1, 0.15) is 36.1 Å². The Hall–Kier alpha value is -5.18. The minimum atomic E-state index is -1.08. The van der Waals surface area contributed by atoms with E-state index in [1.54, 1.807) is 13.0 Å². The van der Waals surface area contributed by atoms with Crippen molar-refractivity contribution in [1.29, 1.82) is 0 Å². The average Bonchev–Trinajstić information content (AvgIpc) is 3.35. The Bertz CT molecular complexity index is 1700. The van der Waals surface area contributed by atoms with E-state index in [2.05, 4.69) is 13.2 Å². The van der Waals surface area contributed by atoms with Crippen molar-refractivity contribution in [2.75, 3.05) is 26.4 Å². The summed E-state index contributed by atoms with van der Waals surface area (Å²) in [4.78, 5) is 26.0. The zero-order valence-corrected chi connectivity index (χ0v) is 25.2. The SMILES string of the molecule is C=C(C)C(=O)Oc1ccc2c(c1OC(=O)C(=C)C)C(c1ccc(OCCO)cc1)(c1ccc(OCCO)cc1)c1ccccc1-2. The standard InChI is InChI=1S/C37H34O8/c1-23(2)35(40)44-32-18-17-30-29-7-5-6-8-31(29)37(33(30)34(32)45-36(41)24(3)4,25-9-13-27(14-10-25)42-21-19-38)26-11-15-28(16-12-26)43-22-20-39/h5-18,38-39H,1,3,19-22H2,2,4H3. The first kappa shape index (κ1) is 31.3. The number of ether oxygens (including phenoxy) is 4. The summed E-state index contributed by atoms with van der Waals surface area (Å²) in [6, 6.07) is 26.3. The minimum Gasteiger partial charge on any atom is -0.491 e. The third-order valence-electron chi connectivity index (χ3n) is 7.51. The molecule has 2 N–H and O–H groups in total. The maximum atomic E-state index is 13.2. The molecule has 1 aliphatic carbocycles. The Kier molecular flexibility index (Phi) is 9.18. The van der Waals surface area contributed by atoms with Crippen LogP contribution in [0, 0.1) is 0 Å². The number of hydrogen-bond acceptors (Lipinski definition) is 8. The number of hydrogen-bond donors (Lipinski definition) is 2. The van der Waals surface area contributed by atoms with Crippen molar-refractivity contribution in [3.8, 4) is 34.1 Å². The number of benzene rings is 4. The molecule has 0 aliphatic heterocycles. The second-order valence-electron chi connectivity index (χ2n) is 10.6. The van der Waals surface area contributed by atoms with Crippen molar-refractivity contribution in [2.45, 2.75) is 19.3 Å². The van der Waals surface area contributed by atoms with E-state index in [0.29, 0.717) is 17.1 Å². The van der Waals surface area contributed by atoms with Crippen LogP contribution in [0.5, 0.6) is 23.0 Å². The first-order valence-corrected chi connectivity index (χ1v) is 14.4. The largest absolute Gasteiger partial charge is 0.491 e. The van der Waals surface area contributed by atoms with Crippen LogP contribution in [0.25, 0.3) is 11.1 Å². The van der Waals surface area contributed by atoms with Gasteiger partial charge in [-0.05, 0) is 72.0 Å². The fourth-order valence-electron chi connectivity index (χ4n) is 5.58. The molecule has 4 aromatic rings. The molecule has 45 heavy (non-hydrogen) atoms. The topological polar surface area (TPSA) is 112 Å². The van der Waals surface area contributed by atoms with E-state index in [9.17, 15) is 19.8 Å². The van der Waals surface area contributed by atoms with Gasteiger partial charge in [0.1, 0.15) is 24.7 Å². The number of aliphatic hydroxyl groups is 2. The quantitative estimate of drug-likeness (QED) is 0.105. The molecule has 0 saturated heterocycles. The predicted octanol–water partition coefficient (Wildman–Crippen LogP) is 5.75. The predicted molar refractivity (Wildman–Crippen MR) is 170 cm³/mol. The monoisotopic (exact) mass is 606 g/mol. The van der Waals surface area contributed by atoms with Gasteiger partial charge in [-0.1, -0.05) is 67.8 Å². The van der Waals surface area contributed by atoms with Gasteiger partial charge in [-0.3, -0.25) is 0 Å². The van der Waals surface area contributed by atoms with Gasteiger partial charge in [0.05, 0.1) is 18.6 Å². The molecule has 0 saturated carbocycles. The van der Waals surface area contributed by atoms with Gasteiger partial charge >= 0.3 is 11.9 Å². The van der Waals surface area contributed by atoms with Crippen molar-refractivity contribution in [3.63, 3.8) is 0 Å². The van der Waals surface area contributed by atoms with Crippen molar-refractivity contribution in [2.24, 2.45) is 0 Å². The Morgan fingerprint density at radius 3 is 1.69 bits per heavy atom. The fourth-order valence-corrected chi connectivity index (χ4v) is 5.58. The summed E-state index contributed by atoms with van der Waals surface area (Å²) in [7, 11) is 0. The molecule has 0 bridgehead atoms. The van der Waals surface area contributed by atoms with Gasteiger partial charge in [0.2, 0.25) is 0 Å². The fraction of sp³-hybridized carbons (Fsp3) is 0.189. The van der Waals surface area contributed by atoms with Crippen LogP contribution < -0.4 is 18.9 Å². The zero-order valence-electron chi connectivity index (χ0n) is 25.2. The lowest BCUT2D eigenvalue weighted by atomic mass is 9.67. The lowest BCUT2D eigenvalue weighted by molar-refractivity contribution is -0.132. The van der Waals surface area contributed by atoms with Crippen LogP contribution >= 0.6 is 0 Å². The number of aliphatic hydroxyl groups excluding tert-OH is 2. The smallest absolute Gasteiger partial charge is 0.338 e. The van der Waals surface area contributed by atoms with E-state index < -0.39 is 17.4 Å². The molecule has 0 heterocycles. The summed E-state index contributed by atoms with van der Waals surface area (Å²) in [5.74, 6) is -0.0757. The van der Waals surface area contributed by atoms with Crippen LogP contribution in [0.15, 0.2) is 109 Å². The molecule has 8 nitrogen and oxygen atoms in total. The zero-order chi connectivity index (χ0) is 32.1. The molecule has 0 amide bonds. The molecule has 0 spiro atoms. The van der Waals surface area contributed by atoms with Crippen LogP contribution in [0.2, 0.25) is 0 Å². The summed E-state index contributed by atoms with van der Waals surface area (Å²) in [5, 5.41) is 18.5. The van der Waals surface area contributed by atoms with Crippen LogP contribution in [0.4, 0.5) is 0 Å². The van der Waals surface area contributed by atoms with Gasteiger partial charge in [-0.15, -0.1) is 0 Å². The molecule has 0 fully saturated rings. The summed E-state index contributed by atoms with van der Waals surface area (Å²) in [6.07, 6.45) is 0. The maximum Gasteiger partial charge on any atom is 0.338 e. The summed E-state index contributed by atoms with van der Waals surface area (Å²) in [5.41, 5.74) is 4.08. The highest BCUT2D eigenvalue weighted by Crippen LogP contribution is 2.60. The van der Waals surface area contributed by atoms with Crippen molar-refractivity contribution < 1.29 is 38.7 Å². The van der Waals surface area contributed by atoms with Crippen LogP contribution in [-0.4, -0.2) is 48.6 Å². The Labute approximate surface area is 261 Å². The first-order valence-electron chi connectivity index (χ1n) is 14.4. The van der Waals surface area contributed by atoms with Crippen molar-refractivity contribution >= 4 is 11.9 Å². The highest BCUT2D eigenvalue weighted by Gasteiger charge is 2.49. The summed E-state index contributed by atoms with van der Waals surface area (Å²) in [6.45, 7) is 10.6. The van der Waals surface area contributed by atoms with Gasteiger partial charge in [0.25, 0.3) is 0 Å². The van der Waals surface area contributed by atoms with E-state index in [1.807, 2.05) is 78.9 Å². The highest BCUT2D eigenvalue weighted by molar-refractivity contribution is 5.95. The molecular weight excluding hydrogens is 572 g/mol. The van der Waals surface area contributed by atoms with Gasteiger partial charge in [-0.2, -0.15) is 0 Å². The number of fused-ring (bicyclic) bond motifs is 3. The maximum absolute atomic E-state index is 13.2. The van der Waals surface area contributed by atoms with Crippen LogP contribution in [0.3, 0.4) is 0 Å². The molecule has 8 heteroatoms. The van der Waals surface area contributed by atoms with Crippen molar-refractivity contribution in [1.82, 2.24) is 0 Å². The molecule has 4 aromatic carbocycles. The molecular formula is C37H34O8. The molecule has 5 rings (SSSR count). The molecule has 0 aromatic heterocycles. The molecule has 0 atom stereocenters. The van der Waals surface area contributed by atoms with Gasteiger partial charge in [0, 0.05) is 16.7 Å². The summed E-state index contributed by atoms with van der Waals surface area (Å²) < 4.78 is 23.2. The van der Waals surface area contributed by atoms with E-state index >= 15 is 0 Å². The summed E-state index contributed by atoms with van der Waals surface area (Å²) >= 11 is 0. The molecule has 230 valence electrons. The van der Waals surface area contributed by atoms with E-state index in [-0.39, 0.29) is 49.1 Å². The molecule has 0 unspecified atom stereocenters. The molecule has 0 radical (unpaired) electrons. The lowest BCUT2D eigenvalue weighted by Crippen LogP contribution is -2.30. The van der Waals surface area contributed by atoms with E-state index in [4.69, 9.17) is 18.9 Å². The first-order chi connectivity index (χ1) is 21.7. The lowest BCUT2D eigenvalue weighted by Gasteiger charge is -2.35. The highest BCUT2D eigenvalue weighted by atomic mass is 16.6. The second kappa shape index (κ2) is 13.2. The van der Waals surface area contributed by atoms with Crippen LogP contribution in [-0.2, 0) is 15.0 Å². The average molecular weight is 607 g/mol. The minimum absolute atomic E-state index is 0.0549. The Morgan fingerprint density at radius 2 is 1.18 bits per heavy atom. The Balaban J connectivity index is 1.87. The Morgan fingerprint density at radius 1 is 0.667 bits per heavy atom. The van der Waals surface area contributed by atoms with Crippen molar-refractivity contribution in [3.05, 3.63) is 131 Å². The van der Waals surface area contributed by atoms with Gasteiger partial charge in [0.15, 0.2) is 11.5 Å².